The van der Waals surface area contributed by atoms with Gasteiger partial charge in [-0.15, -0.1) is 0 Å². The third-order valence-electron chi connectivity index (χ3n) is 7.57. The number of dihydropyridines is 1. The molecule has 8 rings (SSSR count). The molecule has 40 heavy (non-hydrogen) atoms. The van der Waals surface area contributed by atoms with E-state index in [9.17, 15) is 0 Å². The molecule has 4 heterocycles. The van der Waals surface area contributed by atoms with E-state index in [4.69, 9.17) is 13.8 Å². The Morgan fingerprint density at radius 3 is 2.00 bits per heavy atom. The summed E-state index contributed by atoms with van der Waals surface area (Å²) >= 11 is 0. The van der Waals surface area contributed by atoms with Gasteiger partial charge in [-0.2, -0.15) is 0 Å². The molecule has 4 aromatic carbocycles. The third-order valence-corrected chi connectivity index (χ3v) is 7.57. The summed E-state index contributed by atoms with van der Waals surface area (Å²) < 4.78 is 12.5. The highest BCUT2D eigenvalue weighted by Gasteiger charge is 2.19. The molecule has 1 N–H and O–H groups in total. The quantitative estimate of drug-likeness (QED) is 0.253. The van der Waals surface area contributed by atoms with Crippen molar-refractivity contribution in [2.75, 3.05) is 0 Å². The molecular formula is C36H24N2O2. The Labute approximate surface area is 230 Å². The molecule has 0 radical (unpaired) electrons. The molecule has 4 heteroatoms. The SMILES string of the molecule is C1=CC(c2ccccc2)NC(c2ccc3c(c2)oc2oc4cc(-c5cccc(-c6ccccc6)n5)ccc4c23)=C1. The largest absolute Gasteiger partial charge is 0.425 e. The molecule has 0 bridgehead atoms. The van der Waals surface area contributed by atoms with Crippen molar-refractivity contribution in [1.29, 1.82) is 0 Å². The highest BCUT2D eigenvalue weighted by Crippen LogP contribution is 2.39. The van der Waals surface area contributed by atoms with Crippen LogP contribution in [0.25, 0.3) is 61.3 Å². The highest BCUT2D eigenvalue weighted by atomic mass is 16.5. The van der Waals surface area contributed by atoms with Crippen LogP contribution < -0.4 is 5.32 Å². The number of aromatic nitrogens is 1. The van der Waals surface area contributed by atoms with E-state index in [1.807, 2.05) is 42.5 Å². The molecule has 0 aliphatic carbocycles. The second-order valence-corrected chi connectivity index (χ2v) is 10.1. The molecule has 0 saturated carbocycles. The zero-order chi connectivity index (χ0) is 26.5. The average molecular weight is 517 g/mol. The lowest BCUT2D eigenvalue weighted by Gasteiger charge is -2.22. The van der Waals surface area contributed by atoms with Crippen LogP contribution in [0.5, 0.6) is 0 Å². The number of fused-ring (bicyclic) bond motifs is 5. The molecule has 1 atom stereocenters. The smallest absolute Gasteiger partial charge is 0.299 e. The van der Waals surface area contributed by atoms with Crippen molar-refractivity contribution in [2.45, 2.75) is 6.04 Å². The topological polar surface area (TPSA) is 51.2 Å². The van der Waals surface area contributed by atoms with E-state index in [0.29, 0.717) is 5.78 Å². The minimum atomic E-state index is 0.130. The van der Waals surface area contributed by atoms with Gasteiger partial charge in [0, 0.05) is 33.2 Å². The van der Waals surface area contributed by atoms with Crippen LogP contribution in [0.2, 0.25) is 0 Å². The number of allylic oxidation sites excluding steroid dienone is 2. The number of hydrogen-bond acceptors (Lipinski definition) is 4. The summed E-state index contributed by atoms with van der Waals surface area (Å²) in [5.74, 6) is 0.540. The first-order valence-corrected chi connectivity index (χ1v) is 13.4. The Morgan fingerprint density at radius 2 is 1.25 bits per heavy atom. The first kappa shape index (κ1) is 22.6. The summed E-state index contributed by atoms with van der Waals surface area (Å²) in [6.45, 7) is 0. The van der Waals surface area contributed by atoms with Crippen molar-refractivity contribution >= 4 is 38.8 Å². The van der Waals surface area contributed by atoms with Crippen molar-refractivity contribution in [3.63, 3.8) is 0 Å². The zero-order valence-corrected chi connectivity index (χ0v) is 21.5. The molecule has 7 aromatic rings. The second kappa shape index (κ2) is 9.14. The molecule has 0 fully saturated rings. The molecule has 1 aliphatic heterocycles. The van der Waals surface area contributed by atoms with Gasteiger partial charge in [-0.05, 0) is 48.0 Å². The molecular weight excluding hydrogens is 492 g/mol. The number of furan rings is 2. The molecule has 1 unspecified atom stereocenters. The van der Waals surface area contributed by atoms with Crippen molar-refractivity contribution in [3.05, 3.63) is 145 Å². The summed E-state index contributed by atoms with van der Waals surface area (Å²) in [5, 5.41) is 6.73. The lowest BCUT2D eigenvalue weighted by Crippen LogP contribution is -2.20. The van der Waals surface area contributed by atoms with Crippen LogP contribution in [-0.2, 0) is 0 Å². The number of nitrogens with one attached hydrogen (secondary N) is 1. The van der Waals surface area contributed by atoms with Gasteiger partial charge in [0.05, 0.1) is 22.8 Å². The van der Waals surface area contributed by atoms with Gasteiger partial charge in [-0.25, -0.2) is 4.98 Å². The van der Waals surface area contributed by atoms with Crippen LogP contribution in [0.3, 0.4) is 0 Å². The van der Waals surface area contributed by atoms with Crippen molar-refractivity contribution < 1.29 is 8.83 Å². The zero-order valence-electron chi connectivity index (χ0n) is 21.5. The third kappa shape index (κ3) is 3.81. The summed E-state index contributed by atoms with van der Waals surface area (Å²) in [5.41, 5.74) is 8.91. The van der Waals surface area contributed by atoms with E-state index >= 15 is 0 Å². The lowest BCUT2D eigenvalue weighted by molar-refractivity contribution is 0.524. The molecule has 4 nitrogen and oxygen atoms in total. The van der Waals surface area contributed by atoms with Crippen LogP contribution >= 0.6 is 0 Å². The van der Waals surface area contributed by atoms with Gasteiger partial charge < -0.3 is 14.2 Å². The predicted octanol–water partition coefficient (Wildman–Crippen LogP) is 9.30. The molecule has 1 aliphatic rings. The maximum absolute atomic E-state index is 6.25. The highest BCUT2D eigenvalue weighted by molar-refractivity contribution is 6.18. The minimum Gasteiger partial charge on any atom is -0.425 e. The number of benzene rings is 4. The fourth-order valence-electron chi connectivity index (χ4n) is 5.57. The Hall–Kier alpha value is -5.35. The van der Waals surface area contributed by atoms with Crippen molar-refractivity contribution in [1.82, 2.24) is 10.3 Å². The normalized spacial score (nSPS) is 15.0. The van der Waals surface area contributed by atoms with E-state index in [0.717, 1.165) is 61.1 Å². The number of pyridine rings is 1. The first-order valence-electron chi connectivity index (χ1n) is 13.4. The van der Waals surface area contributed by atoms with Gasteiger partial charge in [0.1, 0.15) is 11.2 Å². The van der Waals surface area contributed by atoms with E-state index in [-0.39, 0.29) is 6.04 Å². The Bertz CT molecular complexity index is 2080. The van der Waals surface area contributed by atoms with E-state index in [2.05, 4.69) is 96.3 Å². The van der Waals surface area contributed by atoms with Gasteiger partial charge >= 0.3 is 0 Å². The van der Waals surface area contributed by atoms with Crippen LogP contribution in [0.1, 0.15) is 17.2 Å². The standard InChI is InChI=1S/C36H24N2O2/c1-3-9-23(10-4-1)29-13-7-15-31(37-29)25-17-19-27-33(21-25)39-36-35(27)28-20-18-26(22-34(28)40-36)32-16-8-14-30(38-32)24-11-5-2-6-12-24/h1-22,29,37H. The molecule has 190 valence electrons. The van der Waals surface area contributed by atoms with Crippen molar-refractivity contribution in [2.24, 2.45) is 0 Å². The van der Waals surface area contributed by atoms with Gasteiger partial charge in [0.25, 0.3) is 5.78 Å². The van der Waals surface area contributed by atoms with Gasteiger partial charge in [-0.3, -0.25) is 0 Å². The fraction of sp³-hybridized carbons (Fsp3) is 0.0278. The van der Waals surface area contributed by atoms with Crippen LogP contribution in [0.15, 0.2) is 142 Å². The number of hydrogen-bond donors (Lipinski definition) is 1. The van der Waals surface area contributed by atoms with Crippen LogP contribution in [0.4, 0.5) is 0 Å². The second-order valence-electron chi connectivity index (χ2n) is 10.1. The lowest BCUT2D eigenvalue weighted by atomic mass is 10.0. The van der Waals surface area contributed by atoms with Crippen LogP contribution in [0, 0.1) is 0 Å². The monoisotopic (exact) mass is 516 g/mol. The maximum atomic E-state index is 6.25. The Morgan fingerprint density at radius 1 is 0.600 bits per heavy atom. The fourth-order valence-corrected chi connectivity index (χ4v) is 5.57. The summed E-state index contributed by atoms with van der Waals surface area (Å²) in [4.78, 5) is 4.91. The molecule has 3 aromatic heterocycles. The van der Waals surface area contributed by atoms with Gasteiger partial charge in [0.2, 0.25) is 0 Å². The summed E-state index contributed by atoms with van der Waals surface area (Å²) in [6.07, 6.45) is 6.38. The predicted molar refractivity (Wildman–Crippen MR) is 162 cm³/mol. The minimum absolute atomic E-state index is 0.130. The number of nitrogens with zero attached hydrogens (tertiary/aromatic N) is 1. The summed E-state index contributed by atoms with van der Waals surface area (Å²) in [7, 11) is 0. The van der Waals surface area contributed by atoms with Crippen molar-refractivity contribution in [3.8, 4) is 22.5 Å². The number of rotatable bonds is 4. The van der Waals surface area contributed by atoms with E-state index in [1.165, 1.54) is 5.56 Å². The average Bonchev–Trinajstić information content (AvgIpc) is 3.57. The van der Waals surface area contributed by atoms with Gasteiger partial charge in [-0.1, -0.05) is 91.0 Å². The Balaban J connectivity index is 1.14. The molecule has 0 amide bonds. The van der Waals surface area contributed by atoms with E-state index in [1.54, 1.807) is 0 Å². The summed E-state index contributed by atoms with van der Waals surface area (Å²) in [6, 6.07) is 39.5. The Kier molecular flexibility index (Phi) is 5.17. The van der Waals surface area contributed by atoms with E-state index < -0.39 is 0 Å². The first-order chi connectivity index (χ1) is 19.8. The molecule has 0 spiro atoms. The maximum Gasteiger partial charge on any atom is 0.299 e. The molecule has 0 saturated heterocycles. The van der Waals surface area contributed by atoms with Crippen LogP contribution in [-0.4, -0.2) is 4.98 Å². The van der Waals surface area contributed by atoms with Gasteiger partial charge in [0.15, 0.2) is 0 Å².